The lowest BCUT2D eigenvalue weighted by Crippen LogP contribution is -2.13. The number of fused-ring (bicyclic) bond motifs is 1. The van der Waals surface area contributed by atoms with Gasteiger partial charge in [0.2, 0.25) is 0 Å². The van der Waals surface area contributed by atoms with Crippen molar-refractivity contribution in [3.8, 4) is 33.5 Å². The zero-order chi connectivity index (χ0) is 29.2. The Labute approximate surface area is 248 Å². The standard InChI is InChI=1S/C38H25F2N3/c39-29-18-20-31(21-19-29)43(35-17-8-7-16-32(35)28-14-9-15-30(40)24-28)36-22-23-41-37-33(26-10-3-1-4-11-26)25-34(42-38(36)37)27-12-5-2-6-13-27/h1-25H. The Morgan fingerprint density at radius 2 is 1.14 bits per heavy atom. The molecule has 0 saturated heterocycles. The van der Waals surface area contributed by atoms with Crippen molar-refractivity contribution in [3.05, 3.63) is 163 Å². The summed E-state index contributed by atoms with van der Waals surface area (Å²) in [6.45, 7) is 0. The van der Waals surface area contributed by atoms with Crippen molar-refractivity contribution in [1.82, 2.24) is 9.97 Å². The normalized spacial score (nSPS) is 11.0. The summed E-state index contributed by atoms with van der Waals surface area (Å²) in [5.74, 6) is -0.658. The van der Waals surface area contributed by atoms with Gasteiger partial charge in [-0.2, -0.15) is 0 Å². The van der Waals surface area contributed by atoms with Gasteiger partial charge in [-0.05, 0) is 65.7 Å². The van der Waals surface area contributed by atoms with Crippen LogP contribution in [0.5, 0.6) is 0 Å². The first-order valence-electron chi connectivity index (χ1n) is 14.0. The van der Waals surface area contributed by atoms with E-state index >= 15 is 0 Å². The van der Waals surface area contributed by atoms with Gasteiger partial charge < -0.3 is 4.90 Å². The molecule has 0 spiro atoms. The molecule has 3 nitrogen and oxygen atoms in total. The van der Waals surface area contributed by atoms with Gasteiger partial charge in [0, 0.05) is 28.6 Å². The van der Waals surface area contributed by atoms with E-state index in [1.165, 1.54) is 24.3 Å². The fourth-order valence-electron chi connectivity index (χ4n) is 5.45. The lowest BCUT2D eigenvalue weighted by Gasteiger charge is -2.28. The first-order valence-corrected chi connectivity index (χ1v) is 14.0. The summed E-state index contributed by atoms with van der Waals surface area (Å²) in [5, 5.41) is 0. The van der Waals surface area contributed by atoms with E-state index in [-0.39, 0.29) is 11.6 Å². The molecule has 0 saturated carbocycles. The van der Waals surface area contributed by atoms with Gasteiger partial charge in [-0.15, -0.1) is 0 Å². The van der Waals surface area contributed by atoms with E-state index in [0.29, 0.717) is 5.52 Å². The molecule has 5 aromatic carbocycles. The molecule has 7 aromatic rings. The van der Waals surface area contributed by atoms with Gasteiger partial charge in [-0.25, -0.2) is 13.8 Å². The van der Waals surface area contributed by atoms with Crippen molar-refractivity contribution < 1.29 is 8.78 Å². The van der Waals surface area contributed by atoms with Crippen LogP contribution in [0.3, 0.4) is 0 Å². The number of hydrogen-bond donors (Lipinski definition) is 0. The molecule has 43 heavy (non-hydrogen) atoms. The number of anilines is 3. The second kappa shape index (κ2) is 11.3. The summed E-state index contributed by atoms with van der Waals surface area (Å²) in [5.41, 5.74) is 8.99. The van der Waals surface area contributed by atoms with E-state index in [9.17, 15) is 8.78 Å². The number of benzene rings is 5. The minimum absolute atomic E-state index is 0.323. The molecule has 0 aliphatic heterocycles. The monoisotopic (exact) mass is 561 g/mol. The Morgan fingerprint density at radius 3 is 1.88 bits per heavy atom. The van der Waals surface area contributed by atoms with Crippen molar-refractivity contribution in [1.29, 1.82) is 0 Å². The molecule has 7 rings (SSSR count). The van der Waals surface area contributed by atoms with Crippen LogP contribution in [0.4, 0.5) is 25.8 Å². The van der Waals surface area contributed by atoms with Crippen molar-refractivity contribution in [2.75, 3.05) is 4.90 Å². The summed E-state index contributed by atoms with van der Waals surface area (Å²) in [6.07, 6.45) is 1.77. The van der Waals surface area contributed by atoms with E-state index in [1.807, 2.05) is 89.8 Å². The number of para-hydroxylation sites is 1. The quantitative estimate of drug-likeness (QED) is 0.202. The Balaban J connectivity index is 1.55. The van der Waals surface area contributed by atoms with Gasteiger partial charge in [0.15, 0.2) is 0 Å². The van der Waals surface area contributed by atoms with Gasteiger partial charge in [0.25, 0.3) is 0 Å². The maximum Gasteiger partial charge on any atom is 0.123 e. The van der Waals surface area contributed by atoms with Crippen molar-refractivity contribution >= 4 is 28.1 Å². The van der Waals surface area contributed by atoms with Gasteiger partial charge in [0.05, 0.1) is 22.6 Å². The van der Waals surface area contributed by atoms with Crippen molar-refractivity contribution in [2.24, 2.45) is 0 Å². The molecule has 0 fully saturated rings. The Morgan fingerprint density at radius 1 is 0.465 bits per heavy atom. The lowest BCUT2D eigenvalue weighted by atomic mass is 9.99. The van der Waals surface area contributed by atoms with E-state index in [1.54, 1.807) is 24.4 Å². The van der Waals surface area contributed by atoms with E-state index in [2.05, 4.69) is 18.2 Å². The van der Waals surface area contributed by atoms with E-state index < -0.39 is 0 Å². The predicted octanol–water partition coefficient (Wildman–Crippen LogP) is 10.4. The Hall–Kier alpha value is -5.68. The van der Waals surface area contributed by atoms with Crippen LogP contribution in [0.1, 0.15) is 0 Å². The van der Waals surface area contributed by atoms with Crippen LogP contribution in [0, 0.1) is 11.6 Å². The summed E-state index contributed by atoms with van der Waals surface area (Å²) in [6, 6.07) is 44.9. The van der Waals surface area contributed by atoms with E-state index in [4.69, 9.17) is 9.97 Å². The topological polar surface area (TPSA) is 29.0 Å². The first kappa shape index (κ1) is 26.2. The number of aromatic nitrogens is 2. The molecular weight excluding hydrogens is 536 g/mol. The fraction of sp³-hybridized carbons (Fsp3) is 0. The summed E-state index contributed by atoms with van der Waals surface area (Å²) >= 11 is 0. The van der Waals surface area contributed by atoms with Crippen LogP contribution in [0.25, 0.3) is 44.5 Å². The molecular formula is C38H25F2N3. The average molecular weight is 562 g/mol. The molecule has 5 heteroatoms. The number of hydrogen-bond acceptors (Lipinski definition) is 3. The van der Waals surface area contributed by atoms with Crippen LogP contribution in [0.15, 0.2) is 152 Å². The minimum atomic E-state index is -0.336. The highest BCUT2D eigenvalue weighted by Gasteiger charge is 2.22. The van der Waals surface area contributed by atoms with Crippen LogP contribution < -0.4 is 4.90 Å². The molecule has 0 amide bonds. The first-order chi connectivity index (χ1) is 21.2. The third-order valence-electron chi connectivity index (χ3n) is 7.43. The SMILES string of the molecule is Fc1ccc(N(c2ccccc2-c2cccc(F)c2)c2ccnc3c(-c4ccccc4)cc(-c4ccccc4)nc23)cc1. The summed E-state index contributed by atoms with van der Waals surface area (Å²) in [4.78, 5) is 12.1. The molecule has 0 aliphatic carbocycles. The minimum Gasteiger partial charge on any atom is -0.308 e. The molecule has 0 atom stereocenters. The second-order valence-corrected chi connectivity index (χ2v) is 10.2. The van der Waals surface area contributed by atoms with E-state index in [0.717, 1.165) is 56.1 Å². The highest BCUT2D eigenvalue weighted by Crippen LogP contribution is 2.44. The third kappa shape index (κ3) is 5.13. The molecule has 0 N–H and O–H groups in total. The average Bonchev–Trinajstić information content (AvgIpc) is 3.06. The maximum atomic E-state index is 14.4. The lowest BCUT2D eigenvalue weighted by molar-refractivity contribution is 0.627. The largest absolute Gasteiger partial charge is 0.308 e. The molecule has 0 unspecified atom stereocenters. The number of halogens is 2. The van der Waals surface area contributed by atoms with Crippen LogP contribution >= 0.6 is 0 Å². The Bertz CT molecular complexity index is 2040. The highest BCUT2D eigenvalue weighted by atomic mass is 19.1. The summed E-state index contributed by atoms with van der Waals surface area (Å²) < 4.78 is 28.6. The van der Waals surface area contributed by atoms with Gasteiger partial charge in [0.1, 0.15) is 17.2 Å². The van der Waals surface area contributed by atoms with Gasteiger partial charge in [-0.3, -0.25) is 4.98 Å². The van der Waals surface area contributed by atoms with Gasteiger partial charge >= 0.3 is 0 Å². The van der Waals surface area contributed by atoms with Gasteiger partial charge in [-0.1, -0.05) is 91.0 Å². The summed E-state index contributed by atoms with van der Waals surface area (Å²) in [7, 11) is 0. The smallest absolute Gasteiger partial charge is 0.123 e. The number of nitrogens with zero attached hydrogens (tertiary/aromatic N) is 3. The van der Waals surface area contributed by atoms with Crippen molar-refractivity contribution in [3.63, 3.8) is 0 Å². The highest BCUT2D eigenvalue weighted by molar-refractivity contribution is 6.03. The molecule has 2 aromatic heterocycles. The molecule has 0 aliphatic rings. The van der Waals surface area contributed by atoms with Crippen LogP contribution in [-0.2, 0) is 0 Å². The Kier molecular flexibility index (Phi) is 6.89. The van der Waals surface area contributed by atoms with Crippen LogP contribution in [0.2, 0.25) is 0 Å². The zero-order valence-corrected chi connectivity index (χ0v) is 23.0. The third-order valence-corrected chi connectivity index (χ3v) is 7.43. The molecule has 2 heterocycles. The second-order valence-electron chi connectivity index (χ2n) is 10.2. The van der Waals surface area contributed by atoms with Crippen molar-refractivity contribution in [2.45, 2.75) is 0 Å². The molecule has 206 valence electrons. The molecule has 0 bridgehead atoms. The fourth-order valence-corrected chi connectivity index (χ4v) is 5.45. The molecule has 0 radical (unpaired) electrons. The number of pyridine rings is 2. The van der Waals surface area contributed by atoms with Crippen LogP contribution in [-0.4, -0.2) is 9.97 Å². The maximum absolute atomic E-state index is 14.4. The zero-order valence-electron chi connectivity index (χ0n) is 23.0. The predicted molar refractivity (Wildman–Crippen MR) is 170 cm³/mol. The number of rotatable bonds is 6.